The quantitative estimate of drug-likeness (QED) is 0.442. The number of halogens is 2. The molecule has 0 spiro atoms. The summed E-state index contributed by atoms with van der Waals surface area (Å²) in [6, 6.07) is 13.5. The predicted molar refractivity (Wildman–Crippen MR) is 113 cm³/mol. The van der Waals surface area contributed by atoms with Gasteiger partial charge in [-0.3, -0.25) is 4.79 Å². The van der Waals surface area contributed by atoms with E-state index in [1.807, 2.05) is 36.4 Å². The molecule has 0 saturated heterocycles. The van der Waals surface area contributed by atoms with Gasteiger partial charge in [0.05, 0.1) is 10.7 Å². The molecule has 2 aromatic carbocycles. The fourth-order valence-electron chi connectivity index (χ4n) is 2.31. The molecule has 2 rings (SSSR count). The normalized spacial score (nSPS) is 10.8. The van der Waals surface area contributed by atoms with E-state index >= 15 is 0 Å². The number of benzene rings is 2. The van der Waals surface area contributed by atoms with E-state index in [-0.39, 0.29) is 12.5 Å². The number of carbonyl (C=O) groups is 1. The van der Waals surface area contributed by atoms with Gasteiger partial charge in [0.15, 0.2) is 6.61 Å². The van der Waals surface area contributed by atoms with Gasteiger partial charge in [0.2, 0.25) is 0 Å². The van der Waals surface area contributed by atoms with E-state index in [4.69, 9.17) is 4.74 Å². The van der Waals surface area contributed by atoms with Gasteiger partial charge < -0.3 is 9.64 Å². The van der Waals surface area contributed by atoms with Gasteiger partial charge in [0, 0.05) is 23.2 Å². The van der Waals surface area contributed by atoms with Crippen LogP contribution in [0.15, 0.2) is 56.5 Å². The Morgan fingerprint density at radius 1 is 1.15 bits per heavy atom. The van der Waals surface area contributed by atoms with Crippen molar-refractivity contribution in [3.8, 4) is 5.75 Å². The van der Waals surface area contributed by atoms with E-state index in [0.717, 1.165) is 27.6 Å². The van der Waals surface area contributed by atoms with Crippen LogP contribution in [-0.2, 0) is 4.79 Å². The Balaban J connectivity index is 1.83. The first kappa shape index (κ1) is 20.5. The maximum Gasteiger partial charge on any atom is 0.277 e. The minimum absolute atomic E-state index is 0.113. The molecule has 0 bridgehead atoms. The maximum absolute atomic E-state index is 11.8. The zero-order chi connectivity index (χ0) is 18.9. The van der Waals surface area contributed by atoms with Gasteiger partial charge in [0.25, 0.3) is 5.91 Å². The van der Waals surface area contributed by atoms with Gasteiger partial charge in [0.1, 0.15) is 5.75 Å². The van der Waals surface area contributed by atoms with Crippen molar-refractivity contribution in [2.75, 3.05) is 24.6 Å². The Bertz CT molecular complexity index is 760. The first-order valence-electron chi connectivity index (χ1n) is 8.28. The molecule has 1 N–H and O–H groups in total. The monoisotopic (exact) mass is 481 g/mol. The third-order valence-electron chi connectivity index (χ3n) is 3.68. The molecule has 0 atom stereocenters. The van der Waals surface area contributed by atoms with Crippen molar-refractivity contribution in [3.63, 3.8) is 0 Å². The average Bonchev–Trinajstić information content (AvgIpc) is 2.63. The molecular weight excluding hydrogens is 462 g/mol. The minimum Gasteiger partial charge on any atom is -0.483 e. The molecule has 26 heavy (non-hydrogen) atoms. The predicted octanol–water partition coefficient (Wildman–Crippen LogP) is 4.59. The highest BCUT2D eigenvalue weighted by atomic mass is 79.9. The summed E-state index contributed by atoms with van der Waals surface area (Å²) in [6.45, 7) is 6.08. The molecule has 0 heterocycles. The zero-order valence-electron chi connectivity index (χ0n) is 14.7. The van der Waals surface area contributed by atoms with E-state index in [1.54, 1.807) is 12.3 Å². The molecule has 0 saturated carbocycles. The second kappa shape index (κ2) is 10.3. The second-order valence-corrected chi connectivity index (χ2v) is 7.19. The summed E-state index contributed by atoms with van der Waals surface area (Å²) in [5.74, 6) is 0.273. The molecule has 0 aromatic heterocycles. The number of amides is 1. The second-order valence-electron chi connectivity index (χ2n) is 5.42. The van der Waals surface area contributed by atoms with E-state index in [9.17, 15) is 4.79 Å². The molecule has 0 fully saturated rings. The number of hydrazone groups is 1. The third kappa shape index (κ3) is 6.14. The zero-order valence-corrected chi connectivity index (χ0v) is 17.9. The summed E-state index contributed by atoms with van der Waals surface area (Å²) in [7, 11) is 0. The van der Waals surface area contributed by atoms with Crippen LogP contribution in [0.5, 0.6) is 5.75 Å². The summed E-state index contributed by atoms with van der Waals surface area (Å²) in [5, 5.41) is 3.97. The standard InChI is InChI=1S/C19H21Br2N3O2/c1-3-24(4-2)16-8-5-14(6-9-16)12-22-23-19(25)13-26-18-10-7-15(20)11-17(18)21/h5-12H,3-4,13H2,1-2H3,(H,23,25). The number of anilines is 1. The van der Waals surface area contributed by atoms with Gasteiger partial charge >= 0.3 is 0 Å². The molecule has 0 aliphatic heterocycles. The molecule has 0 aliphatic carbocycles. The lowest BCUT2D eigenvalue weighted by Gasteiger charge is -2.20. The van der Waals surface area contributed by atoms with E-state index < -0.39 is 0 Å². The van der Waals surface area contributed by atoms with Crippen LogP contribution in [0.25, 0.3) is 0 Å². The van der Waals surface area contributed by atoms with Crippen LogP contribution in [0.4, 0.5) is 5.69 Å². The van der Waals surface area contributed by atoms with Crippen LogP contribution in [-0.4, -0.2) is 31.8 Å². The Morgan fingerprint density at radius 2 is 1.85 bits per heavy atom. The van der Waals surface area contributed by atoms with Crippen LogP contribution in [0.2, 0.25) is 0 Å². The van der Waals surface area contributed by atoms with Crippen molar-refractivity contribution in [2.45, 2.75) is 13.8 Å². The van der Waals surface area contributed by atoms with Crippen LogP contribution < -0.4 is 15.1 Å². The summed E-state index contributed by atoms with van der Waals surface area (Å²) in [4.78, 5) is 14.1. The molecule has 0 unspecified atom stereocenters. The van der Waals surface area contributed by atoms with Crippen LogP contribution in [0, 0.1) is 0 Å². The van der Waals surface area contributed by atoms with E-state index in [2.05, 4.69) is 61.1 Å². The number of hydrogen-bond donors (Lipinski definition) is 1. The largest absolute Gasteiger partial charge is 0.483 e. The molecule has 1 amide bonds. The van der Waals surface area contributed by atoms with Gasteiger partial charge in [-0.2, -0.15) is 5.10 Å². The highest BCUT2D eigenvalue weighted by Gasteiger charge is 2.05. The summed E-state index contributed by atoms with van der Waals surface area (Å²) >= 11 is 6.75. The molecule has 7 heteroatoms. The third-order valence-corrected chi connectivity index (χ3v) is 4.79. The number of rotatable bonds is 8. The number of hydrogen-bond acceptors (Lipinski definition) is 4. The fourth-order valence-corrected chi connectivity index (χ4v) is 3.47. The van der Waals surface area contributed by atoms with Crippen molar-refractivity contribution in [1.82, 2.24) is 5.43 Å². The van der Waals surface area contributed by atoms with Crippen molar-refractivity contribution in [2.24, 2.45) is 5.10 Å². The summed E-state index contributed by atoms with van der Waals surface area (Å²) in [6.07, 6.45) is 1.61. The number of carbonyl (C=O) groups excluding carboxylic acids is 1. The van der Waals surface area contributed by atoms with Crippen LogP contribution in [0.3, 0.4) is 0 Å². The van der Waals surface area contributed by atoms with Gasteiger partial charge in [-0.15, -0.1) is 0 Å². The van der Waals surface area contributed by atoms with Crippen LogP contribution in [0.1, 0.15) is 19.4 Å². The first-order valence-corrected chi connectivity index (χ1v) is 9.86. The van der Waals surface area contributed by atoms with Crippen molar-refractivity contribution in [3.05, 3.63) is 57.0 Å². The lowest BCUT2D eigenvalue weighted by atomic mass is 10.2. The summed E-state index contributed by atoms with van der Waals surface area (Å²) in [5.41, 5.74) is 4.55. The molecule has 138 valence electrons. The number of nitrogens with zero attached hydrogens (tertiary/aromatic N) is 2. The van der Waals surface area contributed by atoms with Crippen LogP contribution >= 0.6 is 31.9 Å². The fraction of sp³-hybridized carbons (Fsp3) is 0.263. The Kier molecular flexibility index (Phi) is 8.12. The van der Waals surface area contributed by atoms with E-state index in [1.165, 1.54) is 5.69 Å². The molecule has 5 nitrogen and oxygen atoms in total. The van der Waals surface area contributed by atoms with Crippen molar-refractivity contribution in [1.29, 1.82) is 0 Å². The van der Waals surface area contributed by atoms with E-state index in [0.29, 0.717) is 5.75 Å². The van der Waals surface area contributed by atoms with Crippen molar-refractivity contribution >= 4 is 49.7 Å². The highest BCUT2D eigenvalue weighted by molar-refractivity contribution is 9.11. The van der Waals surface area contributed by atoms with Gasteiger partial charge in [-0.1, -0.05) is 28.1 Å². The number of ether oxygens (including phenoxy) is 1. The van der Waals surface area contributed by atoms with Crippen molar-refractivity contribution < 1.29 is 9.53 Å². The average molecular weight is 483 g/mol. The molecule has 0 aliphatic rings. The molecule has 2 aromatic rings. The number of nitrogens with one attached hydrogen (secondary N) is 1. The Morgan fingerprint density at radius 3 is 2.46 bits per heavy atom. The Labute approximate surface area is 170 Å². The maximum atomic E-state index is 11.8. The SMILES string of the molecule is CCN(CC)c1ccc(C=NNC(=O)COc2ccc(Br)cc2Br)cc1. The van der Waals surface area contributed by atoms with Gasteiger partial charge in [-0.25, -0.2) is 5.43 Å². The lowest BCUT2D eigenvalue weighted by molar-refractivity contribution is -0.123. The topological polar surface area (TPSA) is 53.9 Å². The highest BCUT2D eigenvalue weighted by Crippen LogP contribution is 2.28. The summed E-state index contributed by atoms with van der Waals surface area (Å²) < 4.78 is 7.17. The smallest absolute Gasteiger partial charge is 0.277 e. The molecule has 0 radical (unpaired) electrons. The Hall–Kier alpha value is -1.86. The minimum atomic E-state index is -0.323. The lowest BCUT2D eigenvalue weighted by Crippen LogP contribution is -2.24. The first-order chi connectivity index (χ1) is 12.5. The molecular formula is C19H21Br2N3O2. The van der Waals surface area contributed by atoms with Gasteiger partial charge in [-0.05, 0) is 65.7 Å².